The van der Waals surface area contributed by atoms with E-state index in [1.807, 2.05) is 12.1 Å². The Hall–Kier alpha value is -9.32. The molecule has 71 heavy (non-hydrogen) atoms. The Balaban J connectivity index is 1.13. The van der Waals surface area contributed by atoms with Gasteiger partial charge in [-0.2, -0.15) is 0 Å². The summed E-state index contributed by atoms with van der Waals surface area (Å²) in [6.07, 6.45) is 0. The van der Waals surface area contributed by atoms with E-state index in [4.69, 9.17) is 0 Å². The zero-order chi connectivity index (χ0) is 48.5. The van der Waals surface area contributed by atoms with Gasteiger partial charge in [0.15, 0.2) is 11.5 Å². The molecule has 0 aliphatic rings. The highest BCUT2D eigenvalue weighted by Crippen LogP contribution is 2.55. The Morgan fingerprint density at radius 3 is 0.944 bits per heavy atom. The number of rotatable bonds is 7. The van der Waals surface area contributed by atoms with Crippen LogP contribution in [0, 0.1) is 13.8 Å². The van der Waals surface area contributed by atoms with Crippen LogP contribution in [0.15, 0.2) is 212 Å². The number of phenols is 5. The summed E-state index contributed by atoms with van der Waals surface area (Å²) < 4.78 is 0. The standard InChI is InChI=1S/C66H46O5/c1-38-19-23-41(24-20-38)57-49-15-6-8-17-51(49)59(43-27-29-44(30-28-43)61-62(67)64(69)66(71)65(70)63(61)68)55-36-46(31-33-53(55)57)47-32-34-54-56(37-47)60(48-14-10-13-45(35-48)40-11-4-3-5-12-40)52-18-9-7-16-50(52)58(54)42-25-21-39(2)22-26-42/h3-37,67-71H,1-2H3. The molecule has 0 unspecified atom stereocenters. The van der Waals surface area contributed by atoms with Crippen LogP contribution in [0.2, 0.25) is 0 Å². The van der Waals surface area contributed by atoms with Gasteiger partial charge in [0.2, 0.25) is 17.2 Å². The van der Waals surface area contributed by atoms with Gasteiger partial charge in [0.1, 0.15) is 0 Å². The van der Waals surface area contributed by atoms with E-state index in [0.717, 1.165) is 88.0 Å². The minimum Gasteiger partial charge on any atom is -0.504 e. The van der Waals surface area contributed by atoms with E-state index in [2.05, 4.69) is 202 Å². The number of benzene rings is 12. The van der Waals surface area contributed by atoms with Gasteiger partial charge in [-0.3, -0.25) is 0 Å². The van der Waals surface area contributed by atoms with Crippen LogP contribution in [0.4, 0.5) is 0 Å². The first-order chi connectivity index (χ1) is 34.6. The van der Waals surface area contributed by atoms with Crippen LogP contribution < -0.4 is 0 Å². The zero-order valence-electron chi connectivity index (χ0n) is 38.9. The Bertz CT molecular complexity index is 4050. The molecule has 5 heteroatoms. The summed E-state index contributed by atoms with van der Waals surface area (Å²) in [6.45, 7) is 4.22. The van der Waals surface area contributed by atoms with Crippen molar-refractivity contribution in [2.24, 2.45) is 0 Å². The summed E-state index contributed by atoms with van der Waals surface area (Å²) in [6, 6.07) is 75.1. The quantitative estimate of drug-likeness (QED) is 0.0623. The average Bonchev–Trinajstić information content (AvgIpc) is 3.41. The molecule has 0 aromatic heterocycles. The number of aryl methyl sites for hydroxylation is 2. The highest BCUT2D eigenvalue weighted by Gasteiger charge is 2.25. The molecule has 0 aliphatic heterocycles. The van der Waals surface area contributed by atoms with Crippen molar-refractivity contribution in [2.45, 2.75) is 13.8 Å². The Kier molecular flexibility index (Phi) is 10.3. The second kappa shape index (κ2) is 17.0. The lowest BCUT2D eigenvalue weighted by molar-refractivity contribution is 0.330. The fourth-order valence-electron chi connectivity index (χ4n) is 10.6. The van der Waals surface area contributed by atoms with Crippen molar-refractivity contribution in [2.75, 3.05) is 0 Å². The highest BCUT2D eigenvalue weighted by atomic mass is 16.4. The molecular formula is C66H46O5. The maximum absolute atomic E-state index is 10.9. The molecule has 0 saturated heterocycles. The second-order valence-electron chi connectivity index (χ2n) is 18.5. The molecule has 0 heterocycles. The van der Waals surface area contributed by atoms with E-state index in [1.54, 1.807) is 12.1 Å². The van der Waals surface area contributed by atoms with E-state index < -0.39 is 28.7 Å². The molecule has 0 aliphatic carbocycles. The molecule has 12 rings (SSSR count). The summed E-state index contributed by atoms with van der Waals surface area (Å²) in [5.74, 6) is -4.32. The van der Waals surface area contributed by atoms with E-state index in [-0.39, 0.29) is 5.56 Å². The van der Waals surface area contributed by atoms with Gasteiger partial charge in [-0.15, -0.1) is 0 Å². The average molecular weight is 919 g/mol. The van der Waals surface area contributed by atoms with E-state index in [9.17, 15) is 25.5 Å². The molecule has 5 nitrogen and oxygen atoms in total. The second-order valence-corrected chi connectivity index (χ2v) is 18.5. The minimum absolute atomic E-state index is 0.197. The molecule has 0 spiro atoms. The predicted octanol–water partition coefficient (Wildman–Crippen LogP) is 17.1. The summed E-state index contributed by atoms with van der Waals surface area (Å²) in [5.41, 5.74) is 15.7. The third-order valence-electron chi connectivity index (χ3n) is 14.2. The maximum Gasteiger partial charge on any atom is 0.208 e. The van der Waals surface area contributed by atoms with Crippen LogP contribution in [-0.2, 0) is 0 Å². The van der Waals surface area contributed by atoms with Crippen molar-refractivity contribution in [1.82, 2.24) is 0 Å². The number of hydrogen-bond donors (Lipinski definition) is 5. The summed E-state index contributed by atoms with van der Waals surface area (Å²) >= 11 is 0. The molecule has 0 amide bonds. The maximum atomic E-state index is 10.9. The van der Waals surface area contributed by atoms with Gasteiger partial charge in [-0.1, -0.05) is 205 Å². The van der Waals surface area contributed by atoms with Crippen molar-refractivity contribution < 1.29 is 25.5 Å². The molecule has 12 aromatic carbocycles. The highest BCUT2D eigenvalue weighted by molar-refractivity contribution is 6.24. The van der Waals surface area contributed by atoms with Crippen molar-refractivity contribution in [3.63, 3.8) is 0 Å². The third-order valence-corrected chi connectivity index (χ3v) is 14.2. The summed E-state index contributed by atoms with van der Waals surface area (Å²) in [5, 5.41) is 61.6. The fourth-order valence-corrected chi connectivity index (χ4v) is 10.6. The smallest absolute Gasteiger partial charge is 0.208 e. The number of aromatic hydroxyl groups is 5. The van der Waals surface area contributed by atoms with Gasteiger partial charge in [0, 0.05) is 0 Å². The summed E-state index contributed by atoms with van der Waals surface area (Å²) in [4.78, 5) is 0. The molecular weight excluding hydrogens is 873 g/mol. The Morgan fingerprint density at radius 1 is 0.197 bits per heavy atom. The monoisotopic (exact) mass is 918 g/mol. The van der Waals surface area contributed by atoms with E-state index >= 15 is 0 Å². The normalized spacial score (nSPS) is 11.5. The molecule has 0 fully saturated rings. The van der Waals surface area contributed by atoms with Crippen molar-refractivity contribution in [3.05, 3.63) is 223 Å². The molecule has 0 atom stereocenters. The SMILES string of the molecule is Cc1ccc(-c2c3ccccc3c(-c3ccc(-c4c(O)c(O)c(O)c(O)c4O)cc3)c3cc(-c4ccc5c(-c6ccc(C)cc6)c6ccccc6c(-c6cccc(-c7ccccc7)c6)c5c4)ccc23)cc1. The van der Waals surface area contributed by atoms with Gasteiger partial charge in [-0.05, 0) is 147 Å². The molecule has 0 saturated carbocycles. The van der Waals surface area contributed by atoms with Crippen molar-refractivity contribution >= 4 is 43.1 Å². The van der Waals surface area contributed by atoms with Gasteiger partial charge < -0.3 is 25.5 Å². The Labute approximate surface area is 410 Å². The van der Waals surface area contributed by atoms with Crippen molar-refractivity contribution in [3.8, 4) is 107 Å². The van der Waals surface area contributed by atoms with Crippen molar-refractivity contribution in [1.29, 1.82) is 0 Å². The number of hydrogen-bond acceptors (Lipinski definition) is 5. The first kappa shape index (κ1) is 43.0. The van der Waals surface area contributed by atoms with Gasteiger partial charge in [0.05, 0.1) is 5.56 Å². The topological polar surface area (TPSA) is 101 Å². The lowest BCUT2D eigenvalue weighted by Crippen LogP contribution is -1.93. The van der Waals surface area contributed by atoms with E-state index in [0.29, 0.717) is 5.56 Å². The largest absolute Gasteiger partial charge is 0.504 e. The molecule has 5 N–H and O–H groups in total. The predicted molar refractivity (Wildman–Crippen MR) is 292 cm³/mol. The first-order valence-electron chi connectivity index (χ1n) is 23.7. The van der Waals surface area contributed by atoms with Crippen LogP contribution in [0.25, 0.3) is 121 Å². The Morgan fingerprint density at radius 2 is 0.493 bits per heavy atom. The molecule has 340 valence electrons. The molecule has 12 aromatic rings. The van der Waals surface area contributed by atoms with Gasteiger partial charge in [0.25, 0.3) is 0 Å². The zero-order valence-corrected chi connectivity index (χ0v) is 38.9. The fraction of sp³-hybridized carbons (Fsp3) is 0.0303. The van der Waals surface area contributed by atoms with Gasteiger partial charge in [-0.25, -0.2) is 0 Å². The van der Waals surface area contributed by atoms with Crippen LogP contribution in [0.1, 0.15) is 11.1 Å². The van der Waals surface area contributed by atoms with E-state index in [1.165, 1.54) is 33.0 Å². The lowest BCUT2D eigenvalue weighted by Gasteiger charge is -2.20. The van der Waals surface area contributed by atoms with Gasteiger partial charge >= 0.3 is 0 Å². The van der Waals surface area contributed by atoms with Crippen LogP contribution in [0.3, 0.4) is 0 Å². The number of fused-ring (bicyclic) bond motifs is 4. The molecule has 0 bridgehead atoms. The van der Waals surface area contributed by atoms with Crippen LogP contribution in [0.5, 0.6) is 28.7 Å². The first-order valence-corrected chi connectivity index (χ1v) is 23.7. The minimum atomic E-state index is -0.997. The molecule has 0 radical (unpaired) electrons. The third kappa shape index (κ3) is 7.17. The summed E-state index contributed by atoms with van der Waals surface area (Å²) in [7, 11) is 0. The lowest BCUT2D eigenvalue weighted by atomic mass is 9.83. The van der Waals surface area contributed by atoms with Crippen LogP contribution in [-0.4, -0.2) is 25.5 Å². The number of phenolic OH excluding ortho intramolecular Hbond substituents is 5. The van der Waals surface area contributed by atoms with Crippen LogP contribution >= 0.6 is 0 Å².